The van der Waals surface area contributed by atoms with Gasteiger partial charge in [0.15, 0.2) is 28.2 Å². The molecule has 123 heavy (non-hydrogen) atoms. The molecule has 10 aromatic rings. The Labute approximate surface area is 728 Å². The quantitative estimate of drug-likeness (QED) is 0.0351. The molecule has 29 heteroatoms. The monoisotopic (exact) mass is 1700 g/mol. The maximum absolute atomic E-state index is 12.7. The van der Waals surface area contributed by atoms with E-state index in [9.17, 15) is 24.0 Å². The number of rotatable bonds is 24. The SMILES string of the molecule is CCC(C)CC(=O)Nc1nc2ccc(C)nc2n1C1CCC1.Cc1ccc2nc(NC(=O)CC3(C)CCCCC3)n(C3CCC3)c2n1.Cc1ccc2nc(NC(=O)C[C@H](C)OC(C)(C)C)n(C3CCC3)c2n1.Cc1ccc2nc(NC(=O)C[C@H]3CCCC(C)(C)O3)n(C3CCC3)c2n1.O=C(CCOC1CCCC1)Nc1nc2ccc(Cl)nc2n1C1CCC1. The van der Waals surface area contributed by atoms with E-state index in [4.69, 9.17) is 25.8 Å². The van der Waals surface area contributed by atoms with E-state index in [1.165, 1.54) is 64.2 Å². The molecule has 0 bridgehead atoms. The highest BCUT2D eigenvalue weighted by molar-refractivity contribution is 6.29. The molecule has 28 nitrogen and oxygen atoms in total. The first-order valence-corrected chi connectivity index (χ1v) is 46.3. The normalized spacial score (nSPS) is 19.1. The van der Waals surface area contributed by atoms with Crippen molar-refractivity contribution < 1.29 is 38.2 Å². The molecule has 10 aromatic heterocycles. The van der Waals surface area contributed by atoms with Crippen LogP contribution in [-0.2, 0) is 38.2 Å². The van der Waals surface area contributed by atoms with Crippen molar-refractivity contribution in [2.75, 3.05) is 33.2 Å². The number of ether oxygens (including phenoxy) is 3. The van der Waals surface area contributed by atoms with Crippen LogP contribution < -0.4 is 26.6 Å². The number of hydrogen-bond acceptors (Lipinski definition) is 18. The lowest BCUT2D eigenvalue weighted by Gasteiger charge is -2.35. The lowest BCUT2D eigenvalue weighted by Crippen LogP contribution is -2.37. The van der Waals surface area contributed by atoms with Gasteiger partial charge in [0.25, 0.3) is 0 Å². The minimum Gasteiger partial charge on any atom is -0.378 e. The molecule has 8 aliphatic rings. The fourth-order valence-corrected chi connectivity index (χ4v) is 18.0. The predicted molar refractivity (Wildman–Crippen MR) is 484 cm³/mol. The maximum Gasteiger partial charge on any atom is 0.229 e. The Bertz CT molecular complexity index is 5350. The Morgan fingerprint density at radius 1 is 0.439 bits per heavy atom. The Balaban J connectivity index is 0.000000125. The van der Waals surface area contributed by atoms with Crippen molar-refractivity contribution in [1.82, 2.24) is 72.7 Å². The summed E-state index contributed by atoms with van der Waals surface area (Å²) in [5.41, 5.74) is 12.1. The molecule has 662 valence electrons. The summed E-state index contributed by atoms with van der Waals surface area (Å²) in [4.78, 5) is 109. The second-order valence-corrected chi connectivity index (χ2v) is 38.4. The van der Waals surface area contributed by atoms with Crippen molar-refractivity contribution in [2.45, 2.75) is 362 Å². The molecule has 8 fully saturated rings. The van der Waals surface area contributed by atoms with Gasteiger partial charge in [-0.15, -0.1) is 0 Å². The van der Waals surface area contributed by atoms with Crippen LogP contribution in [0.2, 0.25) is 5.15 Å². The van der Waals surface area contributed by atoms with Crippen LogP contribution in [0.5, 0.6) is 0 Å². The number of aromatic nitrogens is 15. The zero-order valence-corrected chi connectivity index (χ0v) is 75.6. The Morgan fingerprint density at radius 3 is 1.18 bits per heavy atom. The second kappa shape index (κ2) is 39.9. The molecule has 1 unspecified atom stereocenters. The average molecular weight is 1700 g/mol. The molecule has 5 N–H and O–H groups in total. The fourth-order valence-electron chi connectivity index (χ4n) is 17.9. The van der Waals surface area contributed by atoms with Gasteiger partial charge in [0.05, 0.1) is 55.4 Å². The molecular formula is C94H131ClN20O8. The van der Waals surface area contributed by atoms with Gasteiger partial charge in [-0.1, -0.05) is 70.9 Å². The largest absolute Gasteiger partial charge is 0.378 e. The number of fused-ring (bicyclic) bond motifs is 5. The number of imidazole rings is 5. The summed E-state index contributed by atoms with van der Waals surface area (Å²) >= 11 is 6.05. The van der Waals surface area contributed by atoms with Crippen molar-refractivity contribution in [3.63, 3.8) is 0 Å². The summed E-state index contributed by atoms with van der Waals surface area (Å²) in [6, 6.07) is 21.3. The number of anilines is 5. The molecule has 18 rings (SSSR count). The molecule has 3 atom stereocenters. The third-order valence-corrected chi connectivity index (χ3v) is 26.0. The van der Waals surface area contributed by atoms with Crippen molar-refractivity contribution in [3.8, 4) is 0 Å². The van der Waals surface area contributed by atoms with E-state index in [0.717, 1.165) is 194 Å². The van der Waals surface area contributed by atoms with Crippen LogP contribution in [0.3, 0.4) is 0 Å². The molecule has 7 aliphatic carbocycles. The number of hydrogen-bond donors (Lipinski definition) is 5. The summed E-state index contributed by atoms with van der Waals surface area (Å²) in [5, 5.41) is 15.5. The van der Waals surface area contributed by atoms with E-state index in [1.54, 1.807) is 6.07 Å². The fraction of sp³-hybridized carbons (Fsp3) is 0.628. The van der Waals surface area contributed by atoms with Gasteiger partial charge in [0.2, 0.25) is 59.3 Å². The second-order valence-electron chi connectivity index (χ2n) is 38.0. The number of amides is 5. The van der Waals surface area contributed by atoms with Gasteiger partial charge in [0.1, 0.15) is 32.7 Å². The summed E-state index contributed by atoms with van der Waals surface area (Å²) in [5.74, 6) is 3.49. The number of aryl methyl sites for hydroxylation is 4. The van der Waals surface area contributed by atoms with Crippen LogP contribution >= 0.6 is 11.6 Å². The van der Waals surface area contributed by atoms with Crippen LogP contribution in [0.25, 0.3) is 55.8 Å². The Hall–Kier alpha value is -9.38. The molecule has 0 aromatic carbocycles. The minimum atomic E-state index is -0.264. The minimum absolute atomic E-state index is 0.0133. The van der Waals surface area contributed by atoms with E-state index in [1.807, 2.05) is 115 Å². The lowest BCUT2D eigenvalue weighted by molar-refractivity contribution is -0.131. The van der Waals surface area contributed by atoms with Gasteiger partial charge in [-0.25, -0.2) is 49.8 Å². The number of nitrogens with one attached hydrogen (secondary N) is 5. The first-order chi connectivity index (χ1) is 59.0. The number of carbonyl (C=O) groups is 5. The summed E-state index contributed by atoms with van der Waals surface area (Å²) in [6.45, 7) is 27.0. The van der Waals surface area contributed by atoms with Gasteiger partial charge < -0.3 is 14.2 Å². The smallest absolute Gasteiger partial charge is 0.229 e. The zero-order valence-electron chi connectivity index (χ0n) is 74.9. The number of carbonyl (C=O) groups excluding carboxylic acids is 5. The third kappa shape index (κ3) is 23.0. The molecular weight excluding hydrogens is 1570 g/mol. The van der Waals surface area contributed by atoms with E-state index < -0.39 is 0 Å². The Kier molecular flexibility index (Phi) is 29.1. The van der Waals surface area contributed by atoms with E-state index >= 15 is 0 Å². The highest BCUT2D eigenvalue weighted by Gasteiger charge is 2.36. The van der Waals surface area contributed by atoms with Crippen molar-refractivity contribution in [1.29, 1.82) is 0 Å². The standard InChI is InChI=1S/C20H28N4O2.C20H28N4O.C19H28N4O2.C18H23ClN4O2.C17H24N4O/c1-13-9-10-16-18(21-13)24(14-6-4-7-14)19(22-16)23-17(25)12-15-8-5-11-20(2,3)26-15;1-14-9-10-16-18(21-14)24(15-7-6-8-15)19(22-16)23-17(25)13-20(2)11-4-3-5-12-20;1-12-9-10-15-17(20-12)23(14-7-6-8-14)18(21-15)22-16(24)11-13(2)25-19(3,4)5;19-15-9-8-14-17(21-15)23(12-4-3-5-12)18(20-14)22-16(24)10-11-25-13-6-1-2-7-13;1-4-11(2)10-15(22)20-17-19-14-9-8-12(3)18-16(14)21(17)13-6-5-7-13/h9-10,14-15H,4-8,11-12H2,1-3H3,(H,22,23,25);9-10,15H,3-8,11-13H2,1-2H3,(H,22,23,25);9-10,13-14H,6-8,11H2,1-5H3,(H,21,22,24);8-9,12-13H,1-7,10-11H2,(H,20,22,24);8-9,11,13H,4-7,10H2,1-3H3,(H,19,20,22)/t15-;;13-;;/m1.0../s1. The molecule has 0 radical (unpaired) electrons. The molecule has 5 amide bonds. The van der Waals surface area contributed by atoms with Crippen LogP contribution in [0.1, 0.15) is 327 Å². The van der Waals surface area contributed by atoms with Crippen LogP contribution in [-0.4, -0.2) is 138 Å². The average Bonchev–Trinajstić information content (AvgIpc) is 1.65. The lowest BCUT2D eigenvalue weighted by atomic mass is 9.73. The summed E-state index contributed by atoms with van der Waals surface area (Å²) in [7, 11) is 0. The molecule has 0 spiro atoms. The van der Waals surface area contributed by atoms with Crippen molar-refractivity contribution in [3.05, 3.63) is 88.6 Å². The molecule has 11 heterocycles. The maximum atomic E-state index is 12.7. The predicted octanol–water partition coefficient (Wildman–Crippen LogP) is 20.8. The third-order valence-electron chi connectivity index (χ3n) is 25.8. The zero-order chi connectivity index (χ0) is 86.9. The summed E-state index contributed by atoms with van der Waals surface area (Å²) < 4.78 is 28.2. The molecule has 1 aliphatic heterocycles. The van der Waals surface area contributed by atoms with Crippen molar-refractivity contribution in [2.24, 2.45) is 11.3 Å². The topological polar surface area (TPSA) is 327 Å². The van der Waals surface area contributed by atoms with Crippen LogP contribution in [0, 0.1) is 39.0 Å². The van der Waals surface area contributed by atoms with E-state index in [0.29, 0.717) is 116 Å². The van der Waals surface area contributed by atoms with Gasteiger partial charge in [-0.3, -0.25) is 73.4 Å². The van der Waals surface area contributed by atoms with Crippen LogP contribution in [0.4, 0.5) is 29.7 Å². The first-order valence-electron chi connectivity index (χ1n) is 45.9. The van der Waals surface area contributed by atoms with Crippen molar-refractivity contribution >= 4 is 127 Å². The van der Waals surface area contributed by atoms with Gasteiger partial charge in [-0.05, 0) is 282 Å². The molecule has 7 saturated carbocycles. The van der Waals surface area contributed by atoms with Crippen LogP contribution in [0.15, 0.2) is 60.7 Å². The number of pyridine rings is 5. The van der Waals surface area contributed by atoms with E-state index in [2.05, 4.69) is 129 Å². The van der Waals surface area contributed by atoms with Gasteiger partial charge >= 0.3 is 0 Å². The Morgan fingerprint density at radius 2 is 0.805 bits per heavy atom. The van der Waals surface area contributed by atoms with Gasteiger partial charge in [0, 0.05) is 65.8 Å². The highest BCUT2D eigenvalue weighted by Crippen LogP contribution is 2.44. The van der Waals surface area contributed by atoms with E-state index in [-0.39, 0.29) is 58.4 Å². The number of halogens is 1. The highest BCUT2D eigenvalue weighted by atomic mass is 35.5. The molecule has 1 saturated heterocycles. The number of nitrogens with zero attached hydrogens (tertiary/aromatic N) is 15. The van der Waals surface area contributed by atoms with Gasteiger partial charge in [-0.2, -0.15) is 0 Å². The summed E-state index contributed by atoms with van der Waals surface area (Å²) in [6.07, 6.45) is 34.5. The first kappa shape index (κ1) is 89.9.